The van der Waals surface area contributed by atoms with Crippen LogP contribution in [0, 0.1) is 6.57 Å². The third-order valence-electron chi connectivity index (χ3n) is 1.83. The maximum atomic E-state index is 13.2. The van der Waals surface area contributed by atoms with Gasteiger partial charge in [-0.1, -0.05) is 0 Å². The van der Waals surface area contributed by atoms with E-state index < -0.39 is 12.3 Å². The Kier molecular flexibility index (Phi) is 3.03. The van der Waals surface area contributed by atoms with Crippen LogP contribution in [-0.2, 0) is 5.92 Å². The zero-order chi connectivity index (χ0) is 10.6. The fourth-order valence-electron chi connectivity index (χ4n) is 1.05. The van der Waals surface area contributed by atoms with Gasteiger partial charge in [0, 0.05) is 5.56 Å². The summed E-state index contributed by atoms with van der Waals surface area (Å²) >= 11 is 0. The fraction of sp³-hybridized carbons (Fsp3) is 0.300. The summed E-state index contributed by atoms with van der Waals surface area (Å²) < 4.78 is 26.5. The molecule has 0 atom stereocenters. The number of alkyl halides is 2. The van der Waals surface area contributed by atoms with E-state index in [1.807, 2.05) is 0 Å². The maximum Gasteiger partial charge on any atom is 0.280 e. The molecule has 0 saturated heterocycles. The van der Waals surface area contributed by atoms with Gasteiger partial charge < -0.3 is 9.95 Å². The predicted molar refractivity (Wildman–Crippen MR) is 48.1 cm³/mol. The van der Waals surface area contributed by atoms with E-state index in [1.165, 1.54) is 24.3 Å². The van der Waals surface area contributed by atoms with Crippen molar-refractivity contribution < 1.29 is 13.9 Å². The molecular formula is C10H9F2NO. The van der Waals surface area contributed by atoms with Crippen LogP contribution in [0.5, 0.6) is 5.75 Å². The van der Waals surface area contributed by atoms with Gasteiger partial charge in [-0.25, -0.2) is 15.4 Å². The molecule has 4 heteroatoms. The Morgan fingerprint density at radius 3 is 2.36 bits per heavy atom. The first kappa shape index (κ1) is 10.5. The van der Waals surface area contributed by atoms with Gasteiger partial charge in [-0.3, -0.25) is 0 Å². The molecule has 2 nitrogen and oxygen atoms in total. The molecule has 74 valence electrons. The first-order valence-corrected chi connectivity index (χ1v) is 4.07. The number of phenolic OH excluding ortho intramolecular Hbond substituents is 1. The fourth-order valence-corrected chi connectivity index (χ4v) is 1.05. The van der Waals surface area contributed by atoms with E-state index in [0.29, 0.717) is 0 Å². The van der Waals surface area contributed by atoms with Crippen LogP contribution in [-0.4, -0.2) is 11.7 Å². The normalized spacial score (nSPS) is 10.9. The molecule has 0 fully saturated rings. The van der Waals surface area contributed by atoms with Crippen LogP contribution in [0.4, 0.5) is 8.78 Å². The van der Waals surface area contributed by atoms with Crippen LogP contribution < -0.4 is 0 Å². The number of rotatable bonds is 3. The molecule has 1 aromatic carbocycles. The first-order chi connectivity index (χ1) is 6.56. The Morgan fingerprint density at radius 2 is 1.86 bits per heavy atom. The van der Waals surface area contributed by atoms with Gasteiger partial charge >= 0.3 is 0 Å². The lowest BCUT2D eigenvalue weighted by atomic mass is 10.1. The van der Waals surface area contributed by atoms with Crippen molar-refractivity contribution in [2.75, 3.05) is 6.54 Å². The van der Waals surface area contributed by atoms with Gasteiger partial charge in [0.05, 0.1) is 6.42 Å². The quantitative estimate of drug-likeness (QED) is 0.740. The van der Waals surface area contributed by atoms with Crippen molar-refractivity contribution >= 4 is 0 Å². The van der Waals surface area contributed by atoms with Crippen LogP contribution in [0.15, 0.2) is 24.3 Å². The lowest BCUT2D eigenvalue weighted by Gasteiger charge is -2.13. The van der Waals surface area contributed by atoms with E-state index in [1.54, 1.807) is 0 Å². The highest BCUT2D eigenvalue weighted by Gasteiger charge is 2.32. The Hall–Kier alpha value is -1.63. The number of phenols is 1. The van der Waals surface area contributed by atoms with Crippen molar-refractivity contribution in [3.05, 3.63) is 41.2 Å². The summed E-state index contributed by atoms with van der Waals surface area (Å²) in [6.07, 6.45) is -0.485. The predicted octanol–water partition coefficient (Wildman–Crippen LogP) is 2.79. The molecule has 0 heterocycles. The highest BCUT2D eigenvalue weighted by molar-refractivity contribution is 5.28. The SMILES string of the molecule is [C-]#[N+]CCC(F)(F)c1ccc(O)cc1. The molecule has 0 aliphatic rings. The summed E-state index contributed by atoms with van der Waals surface area (Å²) in [4.78, 5) is 2.88. The maximum absolute atomic E-state index is 13.2. The van der Waals surface area contributed by atoms with Gasteiger partial charge in [0.25, 0.3) is 5.92 Å². The molecule has 0 aromatic heterocycles. The highest BCUT2D eigenvalue weighted by Crippen LogP contribution is 2.32. The Balaban J connectivity index is 2.82. The van der Waals surface area contributed by atoms with E-state index in [0.717, 1.165) is 0 Å². The summed E-state index contributed by atoms with van der Waals surface area (Å²) in [7, 11) is 0. The molecule has 1 N–H and O–H groups in total. The minimum absolute atomic E-state index is 0.0465. The van der Waals surface area contributed by atoms with Crippen molar-refractivity contribution in [1.29, 1.82) is 0 Å². The third-order valence-corrected chi connectivity index (χ3v) is 1.83. The van der Waals surface area contributed by atoms with Gasteiger partial charge in [0.2, 0.25) is 6.54 Å². The second-order valence-corrected chi connectivity index (χ2v) is 2.88. The van der Waals surface area contributed by atoms with Gasteiger partial charge in [-0.05, 0) is 24.3 Å². The van der Waals surface area contributed by atoms with E-state index in [4.69, 9.17) is 11.7 Å². The molecule has 0 spiro atoms. The number of aromatic hydroxyl groups is 1. The number of halogens is 2. The average molecular weight is 197 g/mol. The lowest BCUT2D eigenvalue weighted by molar-refractivity contribution is -0.00894. The molecule has 0 radical (unpaired) electrons. The number of hydrogen-bond acceptors (Lipinski definition) is 1. The molecule has 0 aliphatic carbocycles. The molecule has 0 saturated carbocycles. The van der Waals surface area contributed by atoms with Crippen molar-refractivity contribution in [1.82, 2.24) is 0 Å². The van der Waals surface area contributed by atoms with Crippen molar-refractivity contribution in [3.63, 3.8) is 0 Å². The summed E-state index contributed by atoms with van der Waals surface area (Å²) in [6, 6.07) is 4.75. The summed E-state index contributed by atoms with van der Waals surface area (Å²) in [6.45, 7) is 6.23. The van der Waals surface area contributed by atoms with Gasteiger partial charge in [0.1, 0.15) is 5.75 Å². The summed E-state index contributed by atoms with van der Waals surface area (Å²) in [5.41, 5.74) is -0.168. The molecule has 1 aromatic rings. The molecule has 0 aliphatic heterocycles. The molecule has 1 rings (SSSR count). The molecule has 0 unspecified atom stereocenters. The van der Waals surface area contributed by atoms with Crippen LogP contribution in [0.25, 0.3) is 4.85 Å². The van der Waals surface area contributed by atoms with Crippen molar-refractivity contribution in [2.45, 2.75) is 12.3 Å². The summed E-state index contributed by atoms with van der Waals surface area (Å²) in [5.74, 6) is -3.03. The van der Waals surface area contributed by atoms with Crippen molar-refractivity contribution in [3.8, 4) is 5.75 Å². The number of benzene rings is 1. The average Bonchev–Trinajstić information content (AvgIpc) is 2.16. The van der Waals surface area contributed by atoms with E-state index >= 15 is 0 Å². The Labute approximate surface area is 80.6 Å². The monoisotopic (exact) mass is 197 g/mol. The van der Waals surface area contributed by atoms with E-state index in [-0.39, 0.29) is 17.9 Å². The summed E-state index contributed by atoms with van der Waals surface area (Å²) in [5, 5.41) is 8.91. The molecular weight excluding hydrogens is 188 g/mol. The number of nitrogens with zero attached hydrogens (tertiary/aromatic N) is 1. The van der Waals surface area contributed by atoms with E-state index in [9.17, 15) is 8.78 Å². The molecule has 0 bridgehead atoms. The van der Waals surface area contributed by atoms with Crippen molar-refractivity contribution in [2.24, 2.45) is 0 Å². The molecule has 0 amide bonds. The zero-order valence-corrected chi connectivity index (χ0v) is 7.37. The van der Waals surface area contributed by atoms with Gasteiger partial charge in [0.15, 0.2) is 0 Å². The first-order valence-electron chi connectivity index (χ1n) is 4.07. The third kappa shape index (κ3) is 2.43. The smallest absolute Gasteiger partial charge is 0.280 e. The van der Waals surface area contributed by atoms with Crippen LogP contribution >= 0.6 is 0 Å². The second-order valence-electron chi connectivity index (χ2n) is 2.88. The second kappa shape index (κ2) is 4.05. The minimum atomic E-state index is -2.99. The zero-order valence-electron chi connectivity index (χ0n) is 7.37. The topological polar surface area (TPSA) is 24.6 Å². The highest BCUT2D eigenvalue weighted by atomic mass is 19.3. The largest absolute Gasteiger partial charge is 0.508 e. The van der Waals surface area contributed by atoms with Gasteiger partial charge in [-0.2, -0.15) is 0 Å². The number of hydrogen-bond donors (Lipinski definition) is 1. The van der Waals surface area contributed by atoms with Crippen LogP contribution in [0.1, 0.15) is 12.0 Å². The van der Waals surface area contributed by atoms with E-state index in [2.05, 4.69) is 4.85 Å². The standard InChI is InChI=1S/C10H9F2NO/c1-13-7-6-10(11,12)8-2-4-9(14)5-3-8/h2-5,14H,6-7H2. The molecule has 14 heavy (non-hydrogen) atoms. The Morgan fingerprint density at radius 1 is 1.29 bits per heavy atom. The van der Waals surface area contributed by atoms with Crippen LogP contribution in [0.3, 0.4) is 0 Å². The minimum Gasteiger partial charge on any atom is -0.508 e. The lowest BCUT2D eigenvalue weighted by Crippen LogP contribution is -2.14. The van der Waals surface area contributed by atoms with Crippen LogP contribution in [0.2, 0.25) is 0 Å². The Bertz CT molecular complexity index is 340. The van der Waals surface area contributed by atoms with Gasteiger partial charge in [-0.15, -0.1) is 0 Å².